The minimum absolute atomic E-state index is 0.178. The van der Waals surface area contributed by atoms with Crippen LogP contribution in [0.2, 0.25) is 5.02 Å². The average molecular weight is 614 g/mol. The average Bonchev–Trinajstić information content (AvgIpc) is 3.52. The number of allylic oxidation sites excluding steroid dienone is 1. The van der Waals surface area contributed by atoms with Gasteiger partial charge in [0, 0.05) is 47.8 Å². The molecule has 5 rings (SSSR count). The van der Waals surface area contributed by atoms with E-state index in [1.54, 1.807) is 0 Å². The van der Waals surface area contributed by atoms with E-state index in [2.05, 4.69) is 31.2 Å². The van der Waals surface area contributed by atoms with Gasteiger partial charge in [-0.1, -0.05) is 67.1 Å². The predicted molar refractivity (Wildman–Crippen MR) is 179 cm³/mol. The second-order valence-electron chi connectivity index (χ2n) is 10.9. The summed E-state index contributed by atoms with van der Waals surface area (Å²) in [7, 11) is 1.93. The van der Waals surface area contributed by atoms with Crippen LogP contribution in [0, 0.1) is 0 Å². The number of rotatable bonds is 14. The number of aromatic carboxylic acids is 1. The van der Waals surface area contributed by atoms with E-state index in [1.807, 2.05) is 65.7 Å². The lowest BCUT2D eigenvalue weighted by Crippen LogP contribution is -2.10. The van der Waals surface area contributed by atoms with Crippen molar-refractivity contribution in [3.8, 4) is 16.9 Å². The number of benzene rings is 3. The summed E-state index contributed by atoms with van der Waals surface area (Å²) in [5.41, 5.74) is 5.47. The number of halogens is 1. The Hall–Kier alpha value is -4.07. The fourth-order valence-electron chi connectivity index (χ4n) is 6.24. The van der Waals surface area contributed by atoms with Crippen molar-refractivity contribution in [1.82, 2.24) is 14.3 Å². The van der Waals surface area contributed by atoms with Crippen molar-refractivity contribution in [2.45, 2.75) is 58.9 Å². The van der Waals surface area contributed by atoms with Gasteiger partial charge in [-0.25, -0.2) is 4.79 Å². The van der Waals surface area contributed by atoms with Crippen LogP contribution in [0.15, 0.2) is 60.7 Å². The van der Waals surface area contributed by atoms with Crippen LogP contribution in [0.3, 0.4) is 0 Å². The number of carboxylic acid groups (broad SMARTS) is 1. The van der Waals surface area contributed by atoms with E-state index in [0.717, 1.165) is 81.2 Å². The number of aryl methyl sites for hydroxylation is 3. The van der Waals surface area contributed by atoms with Crippen LogP contribution in [0.5, 0.6) is 5.75 Å². The fourth-order valence-corrected chi connectivity index (χ4v) is 6.49. The Morgan fingerprint density at radius 2 is 1.80 bits per heavy atom. The summed E-state index contributed by atoms with van der Waals surface area (Å²) in [6.07, 6.45) is 8.50. The molecule has 5 aromatic rings. The van der Waals surface area contributed by atoms with E-state index in [1.165, 1.54) is 0 Å². The topological polar surface area (TPSA) is 89.5 Å². The van der Waals surface area contributed by atoms with Crippen LogP contribution in [0.25, 0.3) is 38.9 Å². The van der Waals surface area contributed by atoms with Gasteiger partial charge in [-0.15, -0.1) is 0 Å². The first kappa shape index (κ1) is 31.4. The zero-order valence-corrected chi connectivity index (χ0v) is 26.4. The van der Waals surface area contributed by atoms with Gasteiger partial charge < -0.3 is 19.5 Å². The molecular weight excluding hydrogens is 574 g/mol. The van der Waals surface area contributed by atoms with E-state index in [-0.39, 0.29) is 6.61 Å². The third-order valence-corrected chi connectivity index (χ3v) is 8.52. The normalized spacial score (nSPS) is 11.8. The third kappa shape index (κ3) is 6.12. The number of carbonyl (C=O) groups is 1. The lowest BCUT2D eigenvalue weighted by atomic mass is 9.96. The highest BCUT2D eigenvalue weighted by Crippen LogP contribution is 2.43. The standard InChI is InChI=1S/C36H40ClN3O4/c1-4-30-33(29(38-39(30)3)18-8-6-7-11-22-41)32-28(37)21-20-27-26(35(36(42)43)40(5-2)34(27)32)17-13-23-44-31-19-12-15-24-14-9-10-16-25(24)31/h8-10,12,14-16,18-21,41H,4-7,11,13,17,22-23H2,1-3H3,(H,42,43)/b18-8-. The summed E-state index contributed by atoms with van der Waals surface area (Å²) in [5, 5.41) is 28.1. The van der Waals surface area contributed by atoms with E-state index >= 15 is 0 Å². The highest BCUT2D eigenvalue weighted by Gasteiger charge is 2.28. The maximum atomic E-state index is 12.8. The molecule has 0 spiro atoms. The van der Waals surface area contributed by atoms with Crippen LogP contribution in [-0.2, 0) is 26.4 Å². The number of nitrogens with zero attached hydrogens (tertiary/aromatic N) is 3. The molecule has 0 amide bonds. The molecule has 0 saturated heterocycles. The van der Waals surface area contributed by atoms with Crippen LogP contribution >= 0.6 is 11.6 Å². The molecule has 0 aliphatic rings. The van der Waals surface area contributed by atoms with Gasteiger partial charge in [0.25, 0.3) is 0 Å². The van der Waals surface area contributed by atoms with Crippen molar-refractivity contribution in [1.29, 1.82) is 0 Å². The Bertz CT molecular complexity index is 1810. The Labute approximate surface area is 263 Å². The van der Waals surface area contributed by atoms with Crippen LogP contribution in [0.1, 0.15) is 67.0 Å². The monoisotopic (exact) mass is 613 g/mol. The first-order chi connectivity index (χ1) is 21.4. The van der Waals surface area contributed by atoms with Gasteiger partial charge >= 0.3 is 5.97 Å². The molecule has 0 aliphatic heterocycles. The number of carboxylic acids is 1. The van der Waals surface area contributed by atoms with Crippen molar-refractivity contribution < 1.29 is 19.7 Å². The summed E-state index contributed by atoms with van der Waals surface area (Å²) in [5.74, 6) is -0.131. The smallest absolute Gasteiger partial charge is 0.352 e. The predicted octanol–water partition coefficient (Wildman–Crippen LogP) is 8.32. The molecule has 2 aromatic heterocycles. The summed E-state index contributed by atoms with van der Waals surface area (Å²) >= 11 is 6.99. The summed E-state index contributed by atoms with van der Waals surface area (Å²) in [6, 6.07) is 18.0. The first-order valence-corrected chi connectivity index (χ1v) is 15.8. The Morgan fingerprint density at radius 1 is 1.00 bits per heavy atom. The van der Waals surface area contributed by atoms with Gasteiger partial charge in [-0.2, -0.15) is 5.10 Å². The molecule has 0 unspecified atom stereocenters. The molecule has 0 atom stereocenters. The number of aromatic nitrogens is 3. The summed E-state index contributed by atoms with van der Waals surface area (Å²) in [6.45, 7) is 5.17. The second kappa shape index (κ2) is 14.1. The van der Waals surface area contributed by atoms with E-state index in [4.69, 9.17) is 26.5 Å². The van der Waals surface area contributed by atoms with Crippen LogP contribution < -0.4 is 4.74 Å². The number of hydrogen-bond donors (Lipinski definition) is 2. The highest BCUT2D eigenvalue weighted by molar-refractivity contribution is 6.35. The Morgan fingerprint density at radius 3 is 2.55 bits per heavy atom. The molecule has 0 bridgehead atoms. The molecule has 2 heterocycles. The number of ether oxygens (including phenoxy) is 1. The third-order valence-electron chi connectivity index (χ3n) is 8.21. The number of aliphatic hydroxyl groups excluding tert-OH is 1. The van der Waals surface area contributed by atoms with Crippen molar-refractivity contribution in [3.05, 3.63) is 88.3 Å². The zero-order chi connectivity index (χ0) is 31.2. The van der Waals surface area contributed by atoms with E-state index in [9.17, 15) is 9.90 Å². The second-order valence-corrected chi connectivity index (χ2v) is 11.3. The first-order valence-electron chi connectivity index (χ1n) is 15.4. The molecule has 8 heteroatoms. The van der Waals surface area contributed by atoms with Gasteiger partial charge in [0.2, 0.25) is 0 Å². The van der Waals surface area contributed by atoms with Gasteiger partial charge in [0.15, 0.2) is 0 Å². The lowest BCUT2D eigenvalue weighted by Gasteiger charge is -2.13. The van der Waals surface area contributed by atoms with Gasteiger partial charge in [-0.3, -0.25) is 4.68 Å². The quantitative estimate of drug-likeness (QED) is 0.123. The van der Waals surface area contributed by atoms with Crippen molar-refractivity contribution in [2.24, 2.45) is 7.05 Å². The van der Waals surface area contributed by atoms with Crippen molar-refractivity contribution in [2.75, 3.05) is 13.2 Å². The maximum Gasteiger partial charge on any atom is 0.352 e. The molecule has 2 N–H and O–H groups in total. The number of aliphatic hydroxyl groups is 1. The highest BCUT2D eigenvalue weighted by atomic mass is 35.5. The van der Waals surface area contributed by atoms with Gasteiger partial charge in [0.1, 0.15) is 11.4 Å². The molecule has 0 radical (unpaired) electrons. The van der Waals surface area contributed by atoms with Crippen LogP contribution in [0.4, 0.5) is 0 Å². The maximum absolute atomic E-state index is 12.8. The molecule has 0 saturated carbocycles. The number of fused-ring (bicyclic) bond motifs is 2. The lowest BCUT2D eigenvalue weighted by molar-refractivity contribution is 0.0684. The number of unbranched alkanes of at least 4 members (excludes halogenated alkanes) is 2. The number of hydrogen-bond acceptors (Lipinski definition) is 4. The molecule has 0 fully saturated rings. The molecule has 230 valence electrons. The van der Waals surface area contributed by atoms with E-state index in [0.29, 0.717) is 36.7 Å². The summed E-state index contributed by atoms with van der Waals surface area (Å²) in [4.78, 5) is 12.8. The molecule has 44 heavy (non-hydrogen) atoms. The minimum Gasteiger partial charge on any atom is -0.493 e. The zero-order valence-electron chi connectivity index (χ0n) is 25.6. The summed E-state index contributed by atoms with van der Waals surface area (Å²) < 4.78 is 9.98. The SMILES string of the molecule is CCc1c(-c2c(Cl)ccc3c(CCCOc4cccc5ccccc45)c(C(=O)O)n(CC)c23)c(/C=C\CCCCO)nn1C. The van der Waals surface area contributed by atoms with Crippen LogP contribution in [-0.4, -0.2) is 43.7 Å². The van der Waals surface area contributed by atoms with Gasteiger partial charge in [-0.05, 0) is 74.6 Å². The van der Waals surface area contributed by atoms with Crippen molar-refractivity contribution >= 4 is 45.3 Å². The van der Waals surface area contributed by atoms with Gasteiger partial charge in [0.05, 0.1) is 22.8 Å². The largest absolute Gasteiger partial charge is 0.493 e. The fraction of sp³-hybridized carbons (Fsp3) is 0.333. The molecule has 0 aliphatic carbocycles. The van der Waals surface area contributed by atoms with Crippen molar-refractivity contribution in [3.63, 3.8) is 0 Å². The Kier molecular flexibility index (Phi) is 10.1. The molecule has 7 nitrogen and oxygen atoms in total. The van der Waals surface area contributed by atoms with E-state index < -0.39 is 5.97 Å². The molecular formula is C36H40ClN3O4. The minimum atomic E-state index is -0.957. The Balaban J connectivity index is 1.55. The molecule has 3 aromatic carbocycles.